The fourth-order valence-corrected chi connectivity index (χ4v) is 4.04. The summed E-state index contributed by atoms with van der Waals surface area (Å²) in [7, 11) is 0. The first-order valence-electron chi connectivity index (χ1n) is 10.4. The minimum atomic E-state index is -0.670. The van der Waals surface area contributed by atoms with E-state index in [1.165, 1.54) is 17.1 Å². The molecule has 1 N–H and O–H groups in total. The Kier molecular flexibility index (Phi) is 5.26. The Labute approximate surface area is 183 Å². The summed E-state index contributed by atoms with van der Waals surface area (Å²) in [4.78, 5) is 29.0. The standard InChI is InChI=1S/C22H21F2N7O/c23-16-12-15(13-17(24)14-16)19-3-7-27-31(19)22(32)30-10-8-29(9-11-30)20-4-6-26-21(28-20)18-2-1-5-25-18/h1-2,4-7,12-14,19,25H,3,8-11H2/t19-/m0/s1. The molecule has 2 aliphatic rings. The van der Waals surface area contributed by atoms with E-state index in [-0.39, 0.29) is 6.03 Å². The molecule has 2 aliphatic heterocycles. The van der Waals surface area contributed by atoms with E-state index >= 15 is 0 Å². The van der Waals surface area contributed by atoms with Gasteiger partial charge in [0.05, 0.1) is 11.7 Å². The van der Waals surface area contributed by atoms with Crippen LogP contribution in [0.4, 0.5) is 19.4 Å². The molecule has 2 amide bonds. The lowest BCUT2D eigenvalue weighted by Gasteiger charge is -2.37. The van der Waals surface area contributed by atoms with E-state index in [2.05, 4.69) is 25.0 Å². The third kappa shape index (κ3) is 3.91. The minimum absolute atomic E-state index is 0.275. The molecule has 0 unspecified atom stereocenters. The Morgan fingerprint density at radius 2 is 1.84 bits per heavy atom. The van der Waals surface area contributed by atoms with Gasteiger partial charge in [-0.1, -0.05) is 0 Å². The van der Waals surface area contributed by atoms with Crippen LogP contribution >= 0.6 is 0 Å². The van der Waals surface area contributed by atoms with Gasteiger partial charge in [0.15, 0.2) is 5.82 Å². The van der Waals surface area contributed by atoms with E-state index in [4.69, 9.17) is 0 Å². The van der Waals surface area contributed by atoms with Crippen LogP contribution < -0.4 is 4.90 Å². The molecular formula is C22H21F2N7O. The quantitative estimate of drug-likeness (QED) is 0.681. The number of piperazine rings is 1. The number of anilines is 1. The molecule has 4 heterocycles. The fraction of sp³-hybridized carbons (Fsp3) is 0.273. The highest BCUT2D eigenvalue weighted by Crippen LogP contribution is 2.30. The van der Waals surface area contributed by atoms with Crippen LogP contribution in [-0.2, 0) is 0 Å². The summed E-state index contributed by atoms with van der Waals surface area (Å²) in [5, 5.41) is 5.50. The third-order valence-corrected chi connectivity index (χ3v) is 5.65. The maximum absolute atomic E-state index is 13.7. The molecular weight excluding hydrogens is 416 g/mol. The van der Waals surface area contributed by atoms with Gasteiger partial charge in [-0.15, -0.1) is 0 Å². The fourth-order valence-electron chi connectivity index (χ4n) is 4.04. The van der Waals surface area contributed by atoms with Crippen molar-refractivity contribution in [3.8, 4) is 11.5 Å². The lowest BCUT2D eigenvalue weighted by molar-refractivity contribution is 0.139. The normalized spacial score (nSPS) is 18.4. The van der Waals surface area contributed by atoms with Gasteiger partial charge < -0.3 is 14.8 Å². The van der Waals surface area contributed by atoms with Crippen molar-refractivity contribution in [2.24, 2.45) is 5.10 Å². The summed E-state index contributed by atoms with van der Waals surface area (Å²) in [5.74, 6) is 0.0690. The lowest BCUT2D eigenvalue weighted by Crippen LogP contribution is -2.52. The lowest BCUT2D eigenvalue weighted by atomic mass is 10.0. The number of hydrazone groups is 1. The summed E-state index contributed by atoms with van der Waals surface area (Å²) in [6, 6.07) is 8.17. The molecule has 8 nitrogen and oxygen atoms in total. The molecule has 164 valence electrons. The highest BCUT2D eigenvalue weighted by atomic mass is 19.1. The number of hydrogen-bond donors (Lipinski definition) is 1. The van der Waals surface area contributed by atoms with E-state index in [1.807, 2.05) is 24.4 Å². The number of carbonyl (C=O) groups is 1. The molecule has 0 radical (unpaired) electrons. The van der Waals surface area contributed by atoms with Crippen molar-refractivity contribution in [3.63, 3.8) is 0 Å². The Morgan fingerprint density at radius 3 is 2.56 bits per heavy atom. The van der Waals surface area contributed by atoms with Crippen LogP contribution in [0.25, 0.3) is 11.5 Å². The van der Waals surface area contributed by atoms with Gasteiger partial charge in [0.1, 0.15) is 17.5 Å². The average molecular weight is 437 g/mol. The molecule has 0 bridgehead atoms. The third-order valence-electron chi connectivity index (χ3n) is 5.65. The number of aromatic amines is 1. The largest absolute Gasteiger partial charge is 0.359 e. The Morgan fingerprint density at radius 1 is 1.06 bits per heavy atom. The van der Waals surface area contributed by atoms with Gasteiger partial charge in [0.25, 0.3) is 0 Å². The molecule has 1 saturated heterocycles. The van der Waals surface area contributed by atoms with Crippen molar-refractivity contribution in [2.75, 3.05) is 31.1 Å². The first kappa shape index (κ1) is 20.1. The average Bonchev–Trinajstić information content (AvgIpc) is 3.51. The highest BCUT2D eigenvalue weighted by molar-refractivity contribution is 5.78. The van der Waals surface area contributed by atoms with Crippen molar-refractivity contribution in [3.05, 3.63) is 66.0 Å². The number of H-pyrrole nitrogens is 1. The summed E-state index contributed by atoms with van der Waals surface area (Å²) in [6.45, 7) is 2.17. The predicted molar refractivity (Wildman–Crippen MR) is 115 cm³/mol. The number of aromatic nitrogens is 3. The summed E-state index contributed by atoms with van der Waals surface area (Å²) in [5.41, 5.74) is 1.23. The number of carbonyl (C=O) groups excluding carboxylic acids is 1. The molecule has 32 heavy (non-hydrogen) atoms. The molecule has 1 fully saturated rings. The van der Waals surface area contributed by atoms with E-state index in [9.17, 15) is 13.6 Å². The van der Waals surface area contributed by atoms with Crippen LogP contribution in [0, 0.1) is 11.6 Å². The second kappa shape index (κ2) is 8.37. The van der Waals surface area contributed by atoms with Crippen LogP contribution in [0.2, 0.25) is 0 Å². The second-order valence-corrected chi connectivity index (χ2v) is 7.68. The van der Waals surface area contributed by atoms with E-state index in [0.29, 0.717) is 44.0 Å². The van der Waals surface area contributed by atoms with E-state index in [0.717, 1.165) is 17.6 Å². The van der Waals surface area contributed by atoms with Crippen molar-refractivity contribution in [1.82, 2.24) is 24.9 Å². The zero-order valence-electron chi connectivity index (χ0n) is 17.2. The molecule has 1 atom stereocenters. The van der Waals surface area contributed by atoms with E-state index in [1.54, 1.807) is 17.3 Å². The molecule has 10 heteroatoms. The van der Waals surface area contributed by atoms with Gasteiger partial charge in [-0.25, -0.2) is 28.6 Å². The number of halogens is 2. The predicted octanol–water partition coefficient (Wildman–Crippen LogP) is 3.42. The topological polar surface area (TPSA) is 80.7 Å². The van der Waals surface area contributed by atoms with Crippen molar-refractivity contribution in [1.29, 1.82) is 0 Å². The molecule has 5 rings (SSSR count). The van der Waals surface area contributed by atoms with Crippen LogP contribution in [0.3, 0.4) is 0 Å². The number of rotatable bonds is 3. The van der Waals surface area contributed by atoms with Gasteiger partial charge in [0, 0.05) is 57.3 Å². The van der Waals surface area contributed by atoms with Gasteiger partial charge in [-0.2, -0.15) is 5.10 Å². The van der Waals surface area contributed by atoms with Gasteiger partial charge in [-0.3, -0.25) is 0 Å². The van der Waals surface area contributed by atoms with Crippen LogP contribution in [0.15, 0.2) is 53.9 Å². The molecule has 0 saturated carbocycles. The summed E-state index contributed by atoms with van der Waals surface area (Å²) in [6.07, 6.45) is 5.56. The molecule has 0 aliphatic carbocycles. The molecule has 2 aromatic heterocycles. The van der Waals surface area contributed by atoms with Crippen LogP contribution in [0.5, 0.6) is 0 Å². The molecule has 0 spiro atoms. The zero-order valence-corrected chi connectivity index (χ0v) is 17.2. The van der Waals surface area contributed by atoms with Crippen molar-refractivity contribution < 1.29 is 13.6 Å². The first-order chi connectivity index (χ1) is 15.6. The number of hydrogen-bond acceptors (Lipinski definition) is 5. The smallest absolute Gasteiger partial charge is 0.341 e. The highest BCUT2D eigenvalue weighted by Gasteiger charge is 2.33. The maximum Gasteiger partial charge on any atom is 0.341 e. The van der Waals surface area contributed by atoms with Crippen LogP contribution in [0.1, 0.15) is 18.0 Å². The zero-order chi connectivity index (χ0) is 22.1. The SMILES string of the molecule is O=C(N1CCN(c2ccnc(-c3ccc[nH]3)n2)CC1)N1N=CC[C@H]1c1cc(F)cc(F)c1. The monoisotopic (exact) mass is 437 g/mol. The molecule has 3 aromatic rings. The van der Waals surface area contributed by atoms with E-state index < -0.39 is 17.7 Å². The number of benzene rings is 1. The number of nitrogens with one attached hydrogen (secondary N) is 1. The Hall–Kier alpha value is -3.82. The summed E-state index contributed by atoms with van der Waals surface area (Å²) < 4.78 is 27.3. The Balaban J connectivity index is 1.26. The number of nitrogens with zero attached hydrogens (tertiary/aromatic N) is 6. The minimum Gasteiger partial charge on any atom is -0.359 e. The second-order valence-electron chi connectivity index (χ2n) is 7.68. The first-order valence-corrected chi connectivity index (χ1v) is 10.4. The van der Waals surface area contributed by atoms with Gasteiger partial charge in [-0.05, 0) is 35.9 Å². The Bertz CT molecular complexity index is 1120. The van der Waals surface area contributed by atoms with Gasteiger partial charge in [0.2, 0.25) is 0 Å². The van der Waals surface area contributed by atoms with Crippen LogP contribution in [-0.4, -0.2) is 63.3 Å². The van der Waals surface area contributed by atoms with Crippen molar-refractivity contribution in [2.45, 2.75) is 12.5 Å². The maximum atomic E-state index is 13.7. The van der Waals surface area contributed by atoms with Crippen molar-refractivity contribution >= 4 is 18.1 Å². The summed E-state index contributed by atoms with van der Waals surface area (Å²) >= 11 is 0. The molecule has 1 aromatic carbocycles. The van der Waals surface area contributed by atoms with Gasteiger partial charge >= 0.3 is 6.03 Å². The number of urea groups is 1. The number of amides is 2.